The summed E-state index contributed by atoms with van der Waals surface area (Å²) in [5.41, 5.74) is 0.595. The third-order valence-electron chi connectivity index (χ3n) is 3.09. The van der Waals surface area contributed by atoms with Gasteiger partial charge in [-0.15, -0.1) is 47.0 Å². The topological polar surface area (TPSA) is 29.5 Å². The first-order chi connectivity index (χ1) is 10.9. The van der Waals surface area contributed by atoms with E-state index in [1.54, 1.807) is 12.1 Å². The Kier molecular flexibility index (Phi) is 8.66. The van der Waals surface area contributed by atoms with Crippen LogP contribution < -0.4 is 4.74 Å². The summed E-state index contributed by atoms with van der Waals surface area (Å²) < 4.78 is 30.8. The zero-order chi connectivity index (χ0) is 17.0. The van der Waals surface area contributed by atoms with Crippen LogP contribution in [-0.4, -0.2) is 35.8 Å². The maximum atomic E-state index is 12.8. The number of rotatable bonds is 5. The molecule has 0 bridgehead atoms. The number of hydrogen-bond acceptors (Lipinski definition) is 2. The van der Waals surface area contributed by atoms with Crippen molar-refractivity contribution in [1.82, 2.24) is 4.90 Å². The summed E-state index contributed by atoms with van der Waals surface area (Å²) >= 11 is 12.0. The van der Waals surface area contributed by atoms with Crippen LogP contribution in [0.5, 0.6) is 5.75 Å². The Morgan fingerprint density at radius 3 is 2.79 bits per heavy atom. The molecule has 1 unspecified atom stereocenters. The third-order valence-corrected chi connectivity index (χ3v) is 3.74. The van der Waals surface area contributed by atoms with E-state index in [2.05, 4.69) is 12.0 Å². The minimum atomic E-state index is -2.70. The molecule has 0 spiro atoms. The van der Waals surface area contributed by atoms with Gasteiger partial charge in [-0.25, -0.2) is 14.9 Å². The molecule has 0 fully saturated rings. The number of hydrogen-bond donors (Lipinski definition) is 0. The predicted molar refractivity (Wildman–Crippen MR) is 84.4 cm³/mol. The van der Waals surface area contributed by atoms with Crippen LogP contribution in [0.4, 0.5) is 8.78 Å². The quantitative estimate of drug-likeness (QED) is 0.392. The van der Waals surface area contributed by atoms with Crippen LogP contribution in [0.2, 0.25) is 5.02 Å². The van der Waals surface area contributed by atoms with E-state index < -0.39 is 24.3 Å². The Balaban J connectivity index is 0.00000288. The molecule has 1 aromatic rings. The van der Waals surface area contributed by atoms with Gasteiger partial charge in [-0.05, 0) is 17.2 Å². The van der Waals surface area contributed by atoms with Crippen molar-refractivity contribution in [2.24, 2.45) is 0 Å². The second-order valence-corrected chi connectivity index (χ2v) is 5.61. The van der Waals surface area contributed by atoms with Gasteiger partial charge in [0.15, 0.2) is 0 Å². The van der Waals surface area contributed by atoms with Crippen molar-refractivity contribution in [2.45, 2.75) is 18.2 Å². The molecule has 0 saturated heterocycles. The van der Waals surface area contributed by atoms with Gasteiger partial charge in [0.2, 0.25) is 5.91 Å². The molecule has 0 N–H and O–H groups in total. The van der Waals surface area contributed by atoms with Gasteiger partial charge < -0.3 is 9.64 Å². The fraction of sp³-hybridized carbons (Fsp3) is 0.312. The number of allylic oxidation sites excluding steroid dienone is 1. The maximum Gasteiger partial charge on any atom is 0.256 e. The molecule has 3 nitrogen and oxygen atoms in total. The van der Waals surface area contributed by atoms with E-state index in [1.165, 1.54) is 6.07 Å². The molecule has 0 aromatic heterocycles. The van der Waals surface area contributed by atoms with E-state index in [4.69, 9.17) is 34.4 Å². The fourth-order valence-electron chi connectivity index (χ4n) is 2.11. The van der Waals surface area contributed by atoms with E-state index in [-0.39, 0.29) is 56.5 Å². The van der Waals surface area contributed by atoms with Crippen LogP contribution in [0, 0.1) is 18.4 Å². The normalized spacial score (nSPS) is 17.2. The number of nitrogens with zero attached hydrogens (tertiary/aromatic N) is 1. The van der Waals surface area contributed by atoms with Gasteiger partial charge in [0.1, 0.15) is 17.7 Å². The van der Waals surface area contributed by atoms with Gasteiger partial charge in [-0.3, -0.25) is 4.79 Å². The number of ether oxygens (including phenoxy) is 1. The van der Waals surface area contributed by atoms with Gasteiger partial charge in [0.05, 0.1) is 6.54 Å². The van der Waals surface area contributed by atoms with Crippen LogP contribution in [0.1, 0.15) is 12.0 Å². The second-order valence-electron chi connectivity index (χ2n) is 4.67. The van der Waals surface area contributed by atoms with Crippen LogP contribution >= 0.6 is 23.2 Å². The molecule has 0 aliphatic carbocycles. The Bertz CT molecular complexity index is 677. The zero-order valence-corrected chi connectivity index (χ0v) is 16.8. The van der Waals surface area contributed by atoms with Crippen molar-refractivity contribution in [3.63, 3.8) is 0 Å². The summed E-state index contributed by atoms with van der Waals surface area (Å²) in [4.78, 5) is 13.0. The SMILES string of the molecule is C#CCOc1ccc(C2=[C-]CC(Cl)C(=O)N2CC(F)F)c(Cl)c1.[Y]. The first-order valence-electron chi connectivity index (χ1n) is 6.64. The predicted octanol–water partition coefficient (Wildman–Crippen LogP) is 3.60. The van der Waals surface area contributed by atoms with Gasteiger partial charge in [-0.2, -0.15) is 0 Å². The number of alkyl halides is 3. The summed E-state index contributed by atoms with van der Waals surface area (Å²) in [6.45, 7) is -0.690. The summed E-state index contributed by atoms with van der Waals surface area (Å²) in [7, 11) is 0. The van der Waals surface area contributed by atoms with Crippen molar-refractivity contribution < 1.29 is 51.0 Å². The largest absolute Gasteiger partial charge is 0.481 e. The van der Waals surface area contributed by atoms with E-state index in [9.17, 15) is 13.6 Å². The first kappa shape index (κ1) is 21.4. The molecule has 1 aliphatic heterocycles. The number of carbonyl (C=O) groups excluding carboxylic acids is 1. The number of carbonyl (C=O) groups is 1. The van der Waals surface area contributed by atoms with Crippen LogP contribution in [0.3, 0.4) is 0 Å². The summed E-state index contributed by atoms with van der Waals surface area (Å²) in [5, 5.41) is -0.670. The summed E-state index contributed by atoms with van der Waals surface area (Å²) in [6.07, 6.45) is 5.40. The minimum absolute atomic E-state index is 0. The minimum Gasteiger partial charge on any atom is -0.481 e. The summed E-state index contributed by atoms with van der Waals surface area (Å²) in [5.74, 6) is 2.17. The molecule has 1 amide bonds. The zero-order valence-electron chi connectivity index (χ0n) is 12.4. The molecule has 2 rings (SSSR count). The molecule has 8 heteroatoms. The molecule has 0 saturated carbocycles. The molecule has 1 aliphatic rings. The average molecular weight is 448 g/mol. The van der Waals surface area contributed by atoms with Crippen LogP contribution in [0.15, 0.2) is 18.2 Å². The van der Waals surface area contributed by atoms with Crippen LogP contribution in [-0.2, 0) is 37.5 Å². The average Bonchev–Trinajstić information content (AvgIpc) is 2.50. The maximum absolute atomic E-state index is 12.8. The molecular formula is C16H12Cl2F2NO2Y-. The molecule has 24 heavy (non-hydrogen) atoms. The Morgan fingerprint density at radius 2 is 2.21 bits per heavy atom. The summed E-state index contributed by atoms with van der Waals surface area (Å²) in [6, 6.07) is 4.66. The number of halogens is 4. The molecule has 125 valence electrons. The van der Waals surface area contributed by atoms with Crippen molar-refractivity contribution in [1.29, 1.82) is 0 Å². The van der Waals surface area contributed by atoms with E-state index in [1.807, 2.05) is 0 Å². The Hall–Kier alpha value is -0.666. The molecule has 1 radical (unpaired) electrons. The van der Waals surface area contributed by atoms with E-state index in [0.717, 1.165) is 4.90 Å². The van der Waals surface area contributed by atoms with E-state index in [0.29, 0.717) is 11.3 Å². The molecule has 1 aromatic carbocycles. The smallest absolute Gasteiger partial charge is 0.256 e. The Labute approximate surface area is 174 Å². The van der Waals surface area contributed by atoms with Gasteiger partial charge >= 0.3 is 0 Å². The Morgan fingerprint density at radius 1 is 1.50 bits per heavy atom. The van der Waals surface area contributed by atoms with Crippen molar-refractivity contribution >= 4 is 34.8 Å². The number of terminal acetylenes is 1. The van der Waals surface area contributed by atoms with Gasteiger partial charge in [-0.1, -0.05) is 12.3 Å². The number of amides is 1. The molecule has 1 atom stereocenters. The van der Waals surface area contributed by atoms with Crippen LogP contribution in [0.25, 0.3) is 5.70 Å². The fourth-order valence-corrected chi connectivity index (χ4v) is 2.57. The standard InChI is InChI=1S/C16H12Cl2F2NO2.Y/c1-2-7-23-10-3-4-11(13(18)8-10)14-6-5-12(17)16(22)21(14)9-15(19)20;/h1,3-4,8,12,15H,5,7,9H2;/q-1;. The van der Waals surface area contributed by atoms with Crippen molar-refractivity contribution in [3.05, 3.63) is 34.9 Å². The van der Waals surface area contributed by atoms with Gasteiger partial charge in [0, 0.05) is 32.7 Å². The first-order valence-corrected chi connectivity index (χ1v) is 7.46. The second kappa shape index (κ2) is 9.72. The molecule has 1 heterocycles. The van der Waals surface area contributed by atoms with Crippen molar-refractivity contribution in [3.8, 4) is 18.1 Å². The van der Waals surface area contributed by atoms with Gasteiger partial charge in [0.25, 0.3) is 6.43 Å². The monoisotopic (exact) mass is 447 g/mol. The number of benzene rings is 1. The van der Waals surface area contributed by atoms with E-state index >= 15 is 0 Å². The van der Waals surface area contributed by atoms with Crippen molar-refractivity contribution in [2.75, 3.05) is 13.2 Å². The molecular weight excluding hydrogens is 436 g/mol. The third kappa shape index (κ3) is 5.16.